The van der Waals surface area contributed by atoms with Crippen LogP contribution in [0.2, 0.25) is 0 Å². The molecule has 0 amide bonds. The molecule has 2 aromatic heterocycles. The minimum absolute atomic E-state index is 0.419. The zero-order chi connectivity index (χ0) is 13.1. The van der Waals surface area contributed by atoms with Crippen molar-refractivity contribution in [3.63, 3.8) is 0 Å². The number of aromatic nitrogens is 4. The van der Waals surface area contributed by atoms with Gasteiger partial charge in [0.25, 0.3) is 0 Å². The van der Waals surface area contributed by atoms with Crippen LogP contribution in [0.3, 0.4) is 0 Å². The van der Waals surface area contributed by atoms with E-state index in [1.54, 1.807) is 19.3 Å². The van der Waals surface area contributed by atoms with Crippen LogP contribution in [0.5, 0.6) is 0 Å². The van der Waals surface area contributed by atoms with Crippen molar-refractivity contribution in [2.45, 2.75) is 10.9 Å². The van der Waals surface area contributed by atoms with Crippen LogP contribution >= 0.6 is 11.8 Å². The van der Waals surface area contributed by atoms with Gasteiger partial charge in [-0.05, 0) is 6.07 Å². The van der Waals surface area contributed by atoms with Gasteiger partial charge in [0.15, 0.2) is 5.16 Å². The first-order valence-corrected chi connectivity index (χ1v) is 6.06. The molecule has 0 aliphatic rings. The second-order valence-corrected chi connectivity index (χ2v) is 4.48. The van der Waals surface area contributed by atoms with Gasteiger partial charge in [-0.3, -0.25) is 19.4 Å². The van der Waals surface area contributed by atoms with Crippen LogP contribution in [-0.2, 0) is 12.8 Å². The molecule has 7 nitrogen and oxygen atoms in total. The Labute approximate surface area is 106 Å². The number of aromatic amines is 1. The summed E-state index contributed by atoms with van der Waals surface area (Å²) in [7, 11) is 1.61. The minimum Gasteiger partial charge on any atom is -0.383 e. The first-order chi connectivity index (χ1) is 8.58. The van der Waals surface area contributed by atoms with E-state index in [1.165, 1.54) is 16.4 Å². The number of rotatable bonds is 3. The number of anilines is 1. The van der Waals surface area contributed by atoms with Crippen LogP contribution in [0.25, 0.3) is 0 Å². The molecule has 2 heterocycles. The highest BCUT2D eigenvalue weighted by molar-refractivity contribution is 7.98. The largest absolute Gasteiger partial charge is 0.383 e. The third-order valence-corrected chi connectivity index (χ3v) is 3.31. The molecule has 0 radical (unpaired) electrons. The van der Waals surface area contributed by atoms with Crippen molar-refractivity contribution in [3.8, 4) is 0 Å². The first-order valence-electron chi connectivity index (χ1n) is 5.07. The lowest BCUT2D eigenvalue weighted by atomic mass is 10.3. The smallest absolute Gasteiger partial charge is 0.339 e. The Morgan fingerprint density at radius 2 is 2.28 bits per heavy atom. The van der Waals surface area contributed by atoms with Crippen molar-refractivity contribution in [1.82, 2.24) is 19.7 Å². The summed E-state index contributed by atoms with van der Waals surface area (Å²) in [6, 6.07) is 3.63. The van der Waals surface area contributed by atoms with Crippen molar-refractivity contribution >= 4 is 17.6 Å². The van der Waals surface area contributed by atoms with Crippen LogP contribution in [0.4, 0.5) is 5.82 Å². The summed E-state index contributed by atoms with van der Waals surface area (Å²) in [5, 5.41) is 2.80. The fraction of sp³-hybridized carbons (Fsp3) is 0.200. The van der Waals surface area contributed by atoms with Crippen LogP contribution in [-0.4, -0.2) is 19.7 Å². The highest BCUT2D eigenvalue weighted by atomic mass is 32.2. The van der Waals surface area contributed by atoms with Gasteiger partial charge in [0.2, 0.25) is 0 Å². The molecule has 0 aliphatic carbocycles. The summed E-state index contributed by atoms with van der Waals surface area (Å²) in [4.78, 5) is 29.8. The normalized spacial score (nSPS) is 10.5. The zero-order valence-corrected chi connectivity index (χ0v) is 10.4. The quantitative estimate of drug-likeness (QED) is 0.585. The second kappa shape index (κ2) is 5.05. The van der Waals surface area contributed by atoms with Crippen LogP contribution in [0, 0.1) is 0 Å². The molecule has 94 valence electrons. The average Bonchev–Trinajstić information content (AvgIpc) is 2.34. The van der Waals surface area contributed by atoms with Crippen molar-refractivity contribution in [3.05, 3.63) is 44.6 Å². The van der Waals surface area contributed by atoms with Gasteiger partial charge in [-0.1, -0.05) is 17.8 Å². The molecule has 0 aromatic carbocycles. The number of hydrogen-bond acceptors (Lipinski definition) is 6. The van der Waals surface area contributed by atoms with Crippen LogP contribution in [0.1, 0.15) is 5.56 Å². The van der Waals surface area contributed by atoms with Gasteiger partial charge in [0, 0.05) is 24.6 Å². The van der Waals surface area contributed by atoms with Crippen LogP contribution in [0.15, 0.2) is 33.1 Å². The van der Waals surface area contributed by atoms with Crippen molar-refractivity contribution < 1.29 is 0 Å². The highest BCUT2D eigenvalue weighted by Gasteiger charge is 2.06. The second-order valence-electron chi connectivity index (χ2n) is 3.54. The van der Waals surface area contributed by atoms with Gasteiger partial charge >= 0.3 is 11.1 Å². The van der Waals surface area contributed by atoms with Gasteiger partial charge in [0.05, 0.1) is 0 Å². The summed E-state index contributed by atoms with van der Waals surface area (Å²) in [5.74, 6) is 0.964. The lowest BCUT2D eigenvalue weighted by Gasteiger charge is -2.06. The Morgan fingerprint density at radius 1 is 1.50 bits per heavy atom. The molecule has 0 atom stereocenters. The maximum absolute atomic E-state index is 11.2. The molecule has 0 bridgehead atoms. The SMILES string of the molecule is Cn1[nH]c(=O)c(=O)nc1SCc1cccnc1N. The van der Waals surface area contributed by atoms with Crippen molar-refractivity contribution in [2.24, 2.45) is 7.05 Å². The van der Waals surface area contributed by atoms with Gasteiger partial charge in [-0.25, -0.2) is 4.98 Å². The Hall–Kier alpha value is -2.09. The molecular formula is C10H11N5O2S. The summed E-state index contributed by atoms with van der Waals surface area (Å²) in [6.45, 7) is 0. The number of nitrogens with zero attached hydrogens (tertiary/aromatic N) is 3. The molecule has 0 saturated heterocycles. The van der Waals surface area contributed by atoms with E-state index in [0.29, 0.717) is 16.7 Å². The molecule has 0 unspecified atom stereocenters. The summed E-state index contributed by atoms with van der Waals surface area (Å²) >= 11 is 1.30. The number of aryl methyl sites for hydroxylation is 1. The minimum atomic E-state index is -0.797. The molecule has 8 heteroatoms. The Bertz CT molecular complexity index is 678. The molecule has 3 N–H and O–H groups in total. The van der Waals surface area contributed by atoms with E-state index in [0.717, 1.165) is 5.56 Å². The maximum atomic E-state index is 11.2. The molecule has 2 rings (SSSR count). The molecule has 0 fully saturated rings. The topological polar surface area (TPSA) is 107 Å². The number of hydrogen-bond donors (Lipinski definition) is 2. The summed E-state index contributed by atoms with van der Waals surface area (Å²) < 4.78 is 1.40. The maximum Gasteiger partial charge on any atom is 0.339 e. The molecule has 18 heavy (non-hydrogen) atoms. The molecule has 0 spiro atoms. The number of nitrogens with one attached hydrogen (secondary N) is 1. The molecule has 0 aliphatic heterocycles. The van der Waals surface area contributed by atoms with E-state index in [4.69, 9.17) is 5.73 Å². The predicted molar refractivity (Wildman–Crippen MR) is 68.3 cm³/mol. The molecule has 2 aromatic rings. The number of nitrogen functional groups attached to an aromatic ring is 1. The number of thioether (sulfide) groups is 1. The van der Waals surface area contributed by atoms with Gasteiger partial charge in [0.1, 0.15) is 5.82 Å². The van der Waals surface area contributed by atoms with E-state index < -0.39 is 11.1 Å². The van der Waals surface area contributed by atoms with E-state index in [1.807, 2.05) is 6.07 Å². The van der Waals surface area contributed by atoms with E-state index in [2.05, 4.69) is 15.1 Å². The van der Waals surface area contributed by atoms with E-state index in [-0.39, 0.29) is 0 Å². The van der Waals surface area contributed by atoms with E-state index >= 15 is 0 Å². The van der Waals surface area contributed by atoms with Crippen molar-refractivity contribution in [1.29, 1.82) is 0 Å². The average molecular weight is 265 g/mol. The first kappa shape index (κ1) is 12.4. The highest BCUT2D eigenvalue weighted by Crippen LogP contribution is 2.20. The zero-order valence-electron chi connectivity index (χ0n) is 9.58. The fourth-order valence-electron chi connectivity index (χ4n) is 1.30. The van der Waals surface area contributed by atoms with Gasteiger partial charge < -0.3 is 5.73 Å². The number of nitrogens with two attached hydrogens (primary N) is 1. The Morgan fingerprint density at radius 3 is 3.00 bits per heavy atom. The third-order valence-electron chi connectivity index (χ3n) is 2.23. The third kappa shape index (κ3) is 2.59. The molecule has 0 saturated carbocycles. The van der Waals surface area contributed by atoms with E-state index in [9.17, 15) is 9.59 Å². The predicted octanol–water partition coefficient (Wildman–Crippen LogP) is -0.262. The lowest BCUT2D eigenvalue weighted by molar-refractivity contribution is 0.596. The summed E-state index contributed by atoms with van der Waals surface area (Å²) in [5.41, 5.74) is 5.03. The molecular weight excluding hydrogens is 254 g/mol. The number of pyridine rings is 1. The lowest BCUT2D eigenvalue weighted by Crippen LogP contribution is -2.33. The Kier molecular flexibility index (Phi) is 3.47. The van der Waals surface area contributed by atoms with Gasteiger partial charge in [-0.2, -0.15) is 4.98 Å². The van der Waals surface area contributed by atoms with Crippen molar-refractivity contribution in [2.75, 3.05) is 5.73 Å². The van der Waals surface area contributed by atoms with Gasteiger partial charge in [-0.15, -0.1) is 0 Å². The number of H-pyrrole nitrogens is 1. The standard InChI is InChI=1S/C10H11N5O2S/c1-15-10(13-8(16)9(17)14-15)18-5-6-3-2-4-12-7(6)11/h2-4H,5H2,1H3,(H2,11,12)(H,14,17). The van der Waals surface area contributed by atoms with Crippen LogP contribution < -0.4 is 16.9 Å². The summed E-state index contributed by atoms with van der Waals surface area (Å²) in [6.07, 6.45) is 1.61. The fourth-order valence-corrected chi connectivity index (χ4v) is 2.22. The Balaban J connectivity index is 2.21. The monoisotopic (exact) mass is 265 g/mol.